The highest BCUT2D eigenvalue weighted by molar-refractivity contribution is 7.15. The molecule has 96 valence electrons. The van der Waals surface area contributed by atoms with Crippen molar-refractivity contribution >= 4 is 22.1 Å². The first kappa shape index (κ1) is 11.9. The Morgan fingerprint density at radius 2 is 2.44 bits per heavy atom. The molecule has 2 N–H and O–H groups in total. The van der Waals surface area contributed by atoms with E-state index in [2.05, 4.69) is 4.98 Å². The summed E-state index contributed by atoms with van der Waals surface area (Å²) in [4.78, 5) is 17.7. The number of nitrogens with two attached hydrogens (primary N) is 1. The van der Waals surface area contributed by atoms with Gasteiger partial charge in [-0.2, -0.15) is 0 Å². The minimum atomic E-state index is 0.162. The third-order valence-electron chi connectivity index (χ3n) is 3.87. The van der Waals surface area contributed by atoms with Crippen molar-refractivity contribution in [3.8, 4) is 0 Å². The molecule has 0 aliphatic heterocycles. The largest absolute Gasteiger partial charge is 0.330 e. The molecule has 2 heterocycles. The van der Waals surface area contributed by atoms with Crippen LogP contribution >= 0.6 is 11.3 Å². The van der Waals surface area contributed by atoms with Crippen molar-refractivity contribution in [1.29, 1.82) is 0 Å². The molecular formula is C13H17N3OS. The lowest BCUT2D eigenvalue weighted by molar-refractivity contribution is -0.123. The molecule has 3 rings (SSSR count). The van der Waals surface area contributed by atoms with Crippen LogP contribution in [0.4, 0.5) is 0 Å². The quantitative estimate of drug-likeness (QED) is 0.916. The van der Waals surface area contributed by atoms with Gasteiger partial charge in [-0.05, 0) is 25.3 Å². The van der Waals surface area contributed by atoms with Crippen molar-refractivity contribution in [2.24, 2.45) is 17.6 Å². The average Bonchev–Trinajstić information content (AvgIpc) is 3.02. The lowest BCUT2D eigenvalue weighted by Crippen LogP contribution is -2.26. The summed E-state index contributed by atoms with van der Waals surface area (Å²) >= 11 is 1.59. The van der Waals surface area contributed by atoms with Crippen LogP contribution in [0.3, 0.4) is 0 Å². The normalized spacial score (nSPS) is 23.8. The zero-order valence-electron chi connectivity index (χ0n) is 10.2. The Kier molecular flexibility index (Phi) is 3.18. The molecule has 0 saturated heterocycles. The summed E-state index contributed by atoms with van der Waals surface area (Å²) < 4.78 is 1.97. The van der Waals surface area contributed by atoms with Crippen LogP contribution in [-0.2, 0) is 11.2 Å². The third-order valence-corrected chi connectivity index (χ3v) is 4.64. The van der Waals surface area contributed by atoms with Crippen LogP contribution in [0.25, 0.3) is 4.96 Å². The molecule has 2 atom stereocenters. The fourth-order valence-electron chi connectivity index (χ4n) is 2.91. The highest BCUT2D eigenvalue weighted by atomic mass is 32.1. The maximum absolute atomic E-state index is 12.3. The summed E-state index contributed by atoms with van der Waals surface area (Å²) in [6.45, 7) is 0.634. The molecule has 0 aromatic carbocycles. The van der Waals surface area contributed by atoms with Crippen LogP contribution < -0.4 is 5.73 Å². The molecular weight excluding hydrogens is 246 g/mol. The average molecular weight is 263 g/mol. The SMILES string of the molecule is NCC1CCCC1C(=O)Cc1cn2ccsc2n1. The van der Waals surface area contributed by atoms with E-state index in [1.54, 1.807) is 11.3 Å². The van der Waals surface area contributed by atoms with E-state index in [4.69, 9.17) is 5.73 Å². The summed E-state index contributed by atoms with van der Waals surface area (Å²) in [7, 11) is 0. The zero-order valence-corrected chi connectivity index (χ0v) is 11.0. The van der Waals surface area contributed by atoms with E-state index < -0.39 is 0 Å². The number of carbonyl (C=O) groups excluding carboxylic acids is 1. The van der Waals surface area contributed by atoms with E-state index >= 15 is 0 Å². The molecule has 1 saturated carbocycles. The van der Waals surface area contributed by atoms with Crippen molar-refractivity contribution in [1.82, 2.24) is 9.38 Å². The van der Waals surface area contributed by atoms with Crippen LogP contribution in [-0.4, -0.2) is 21.7 Å². The predicted molar refractivity (Wildman–Crippen MR) is 71.7 cm³/mol. The number of hydrogen-bond acceptors (Lipinski definition) is 4. The highest BCUT2D eigenvalue weighted by Crippen LogP contribution is 2.32. The Morgan fingerprint density at radius 3 is 3.22 bits per heavy atom. The number of fused-ring (bicyclic) bond motifs is 1. The number of ketones is 1. The van der Waals surface area contributed by atoms with Gasteiger partial charge < -0.3 is 5.73 Å². The van der Waals surface area contributed by atoms with E-state index in [-0.39, 0.29) is 5.92 Å². The Labute approximate surface area is 110 Å². The van der Waals surface area contributed by atoms with Gasteiger partial charge in [0.05, 0.1) is 12.1 Å². The lowest BCUT2D eigenvalue weighted by Gasteiger charge is -2.15. The third kappa shape index (κ3) is 2.08. The second-order valence-corrected chi connectivity index (χ2v) is 5.87. The second-order valence-electron chi connectivity index (χ2n) is 5.00. The standard InChI is InChI=1S/C13H17N3OS/c14-7-9-2-1-3-11(9)12(17)6-10-8-16-4-5-18-13(16)15-10/h4-5,8-9,11H,1-3,6-7,14H2. The van der Waals surface area contributed by atoms with Crippen LogP contribution in [0.15, 0.2) is 17.8 Å². The molecule has 2 unspecified atom stereocenters. The van der Waals surface area contributed by atoms with E-state index in [1.807, 2.05) is 22.2 Å². The van der Waals surface area contributed by atoms with Crippen molar-refractivity contribution in [3.05, 3.63) is 23.5 Å². The zero-order chi connectivity index (χ0) is 12.5. The molecule has 0 bridgehead atoms. The van der Waals surface area contributed by atoms with Gasteiger partial charge in [0, 0.05) is 23.7 Å². The van der Waals surface area contributed by atoms with Gasteiger partial charge in [0.25, 0.3) is 0 Å². The first-order valence-corrected chi connectivity index (χ1v) is 7.29. The molecule has 0 spiro atoms. The number of thiazole rings is 1. The molecule has 4 nitrogen and oxygen atoms in total. The number of imidazole rings is 1. The number of hydrogen-bond donors (Lipinski definition) is 1. The van der Waals surface area contributed by atoms with Crippen molar-refractivity contribution in [2.45, 2.75) is 25.7 Å². The van der Waals surface area contributed by atoms with Crippen molar-refractivity contribution < 1.29 is 4.79 Å². The van der Waals surface area contributed by atoms with Gasteiger partial charge in [-0.25, -0.2) is 4.98 Å². The van der Waals surface area contributed by atoms with Crippen LogP contribution in [0.5, 0.6) is 0 Å². The summed E-state index contributed by atoms with van der Waals surface area (Å²) in [5.74, 6) is 0.865. The summed E-state index contributed by atoms with van der Waals surface area (Å²) in [6.07, 6.45) is 7.62. The second kappa shape index (κ2) is 4.82. The van der Waals surface area contributed by atoms with E-state index in [1.165, 1.54) is 0 Å². The number of Topliss-reactive ketones (excluding diaryl/α,β-unsaturated/α-hetero) is 1. The Morgan fingerprint density at radius 1 is 1.56 bits per heavy atom. The van der Waals surface area contributed by atoms with Gasteiger partial charge >= 0.3 is 0 Å². The number of rotatable bonds is 4. The van der Waals surface area contributed by atoms with Gasteiger partial charge in [0.15, 0.2) is 4.96 Å². The highest BCUT2D eigenvalue weighted by Gasteiger charge is 2.31. The van der Waals surface area contributed by atoms with Gasteiger partial charge in [0.1, 0.15) is 5.78 Å². The first-order chi connectivity index (χ1) is 8.78. The molecule has 1 aliphatic carbocycles. The number of aromatic nitrogens is 2. The molecule has 0 amide bonds. The van der Waals surface area contributed by atoms with Crippen LogP contribution in [0, 0.1) is 11.8 Å². The Bertz CT molecular complexity index is 531. The molecule has 0 radical (unpaired) electrons. The van der Waals surface area contributed by atoms with Gasteiger partial charge in [-0.15, -0.1) is 11.3 Å². The summed E-state index contributed by atoms with van der Waals surface area (Å²) in [5, 5.41) is 2.00. The molecule has 1 fully saturated rings. The maximum atomic E-state index is 12.3. The maximum Gasteiger partial charge on any atom is 0.193 e. The van der Waals surface area contributed by atoms with Gasteiger partial charge in [-0.3, -0.25) is 9.20 Å². The topological polar surface area (TPSA) is 60.4 Å². The molecule has 18 heavy (non-hydrogen) atoms. The summed E-state index contributed by atoms with van der Waals surface area (Å²) in [5.41, 5.74) is 6.61. The Balaban J connectivity index is 1.72. The van der Waals surface area contributed by atoms with Gasteiger partial charge in [0.2, 0.25) is 0 Å². The number of carbonyl (C=O) groups is 1. The van der Waals surface area contributed by atoms with E-state index in [0.717, 1.165) is 29.9 Å². The van der Waals surface area contributed by atoms with Crippen LogP contribution in [0.1, 0.15) is 25.0 Å². The minimum absolute atomic E-state index is 0.162. The fourth-order valence-corrected chi connectivity index (χ4v) is 3.63. The smallest absolute Gasteiger partial charge is 0.193 e. The predicted octanol–water partition coefficient (Wildman–Crippen LogP) is 1.88. The lowest BCUT2D eigenvalue weighted by atomic mass is 9.90. The molecule has 2 aromatic rings. The van der Waals surface area contributed by atoms with Gasteiger partial charge in [-0.1, -0.05) is 6.42 Å². The summed E-state index contributed by atoms with van der Waals surface area (Å²) in [6, 6.07) is 0. The van der Waals surface area contributed by atoms with Crippen LogP contribution in [0.2, 0.25) is 0 Å². The first-order valence-electron chi connectivity index (χ1n) is 6.42. The monoisotopic (exact) mass is 263 g/mol. The number of nitrogens with zero attached hydrogens (tertiary/aromatic N) is 2. The fraction of sp³-hybridized carbons (Fsp3) is 0.538. The molecule has 5 heteroatoms. The molecule has 2 aromatic heterocycles. The minimum Gasteiger partial charge on any atom is -0.330 e. The van der Waals surface area contributed by atoms with E-state index in [0.29, 0.717) is 24.7 Å². The molecule has 1 aliphatic rings. The van der Waals surface area contributed by atoms with E-state index in [9.17, 15) is 4.79 Å². The Hall–Kier alpha value is -1.20. The van der Waals surface area contributed by atoms with Crippen molar-refractivity contribution in [3.63, 3.8) is 0 Å². The van der Waals surface area contributed by atoms with Crippen molar-refractivity contribution in [2.75, 3.05) is 6.54 Å².